The summed E-state index contributed by atoms with van der Waals surface area (Å²) in [5.41, 5.74) is 3.63. The third-order valence-electron chi connectivity index (χ3n) is 3.73. The minimum Gasteiger partial charge on any atom is -0.291 e. The van der Waals surface area contributed by atoms with Gasteiger partial charge in [0.25, 0.3) is 0 Å². The minimum atomic E-state index is -0.285. The summed E-state index contributed by atoms with van der Waals surface area (Å²) in [6, 6.07) is 8.11. The monoisotopic (exact) mass is 382 g/mol. The molecule has 0 aliphatic heterocycles. The molecular formula is C17H14N6OS2. The summed E-state index contributed by atoms with van der Waals surface area (Å²) in [4.78, 5) is 21.3. The quantitative estimate of drug-likeness (QED) is 0.515. The fourth-order valence-corrected chi connectivity index (χ4v) is 3.62. The van der Waals surface area contributed by atoms with E-state index in [0.717, 1.165) is 11.3 Å². The van der Waals surface area contributed by atoms with Crippen LogP contribution in [-0.4, -0.2) is 19.7 Å². The van der Waals surface area contributed by atoms with E-state index in [1.54, 1.807) is 18.5 Å². The highest BCUT2D eigenvalue weighted by molar-refractivity contribution is 7.13. The van der Waals surface area contributed by atoms with Crippen molar-refractivity contribution in [2.75, 3.05) is 0 Å². The molecule has 0 aliphatic carbocycles. The summed E-state index contributed by atoms with van der Waals surface area (Å²) in [5, 5.41) is 15.9. The molecule has 0 radical (unpaired) electrons. The standard InChI is InChI=1S/C17H14N6OS2/c1-10-3-5-12(6-4-10)13-9-26-17(19-13)23-15(24)14(11(2)22-23)20-21-16-18-7-8-25-16/h3-9,22H,1-2H3. The summed E-state index contributed by atoms with van der Waals surface area (Å²) in [6.07, 6.45) is 1.64. The first-order valence-corrected chi connectivity index (χ1v) is 9.53. The van der Waals surface area contributed by atoms with Crippen LogP contribution >= 0.6 is 22.7 Å². The van der Waals surface area contributed by atoms with Crippen LogP contribution in [0.25, 0.3) is 16.4 Å². The van der Waals surface area contributed by atoms with E-state index in [2.05, 4.69) is 25.3 Å². The van der Waals surface area contributed by atoms with E-state index in [-0.39, 0.29) is 11.2 Å². The highest BCUT2D eigenvalue weighted by atomic mass is 32.1. The number of azo groups is 1. The van der Waals surface area contributed by atoms with Crippen molar-refractivity contribution in [1.82, 2.24) is 19.7 Å². The first-order valence-electron chi connectivity index (χ1n) is 7.77. The highest BCUT2D eigenvalue weighted by Crippen LogP contribution is 2.25. The van der Waals surface area contributed by atoms with E-state index in [9.17, 15) is 4.79 Å². The number of thiazole rings is 2. The van der Waals surface area contributed by atoms with Crippen LogP contribution in [0.1, 0.15) is 11.3 Å². The van der Waals surface area contributed by atoms with Crippen molar-refractivity contribution in [1.29, 1.82) is 0 Å². The molecule has 0 unspecified atom stereocenters. The molecule has 9 heteroatoms. The molecule has 4 aromatic rings. The number of hydrogen-bond donors (Lipinski definition) is 1. The molecule has 0 saturated carbocycles. The molecule has 0 aliphatic rings. The SMILES string of the molecule is Cc1ccc(-c2csc(-n3[nH]c(C)c(N=Nc4nccs4)c3=O)n2)cc1. The Bertz CT molecular complexity index is 1120. The van der Waals surface area contributed by atoms with Crippen LogP contribution < -0.4 is 5.56 Å². The average Bonchev–Trinajstić information content (AvgIpc) is 3.36. The van der Waals surface area contributed by atoms with Crippen LogP contribution in [0.2, 0.25) is 0 Å². The Labute approximate surface area is 156 Å². The molecule has 7 nitrogen and oxygen atoms in total. The fourth-order valence-electron chi connectivity index (χ4n) is 2.37. The van der Waals surface area contributed by atoms with Gasteiger partial charge in [-0.3, -0.25) is 9.89 Å². The van der Waals surface area contributed by atoms with Crippen LogP contribution in [-0.2, 0) is 0 Å². The molecule has 3 heterocycles. The first-order chi connectivity index (χ1) is 12.6. The number of H-pyrrole nitrogens is 1. The van der Waals surface area contributed by atoms with Crippen molar-refractivity contribution < 1.29 is 0 Å². The zero-order valence-corrected chi connectivity index (χ0v) is 15.6. The Morgan fingerprint density at radius 2 is 1.92 bits per heavy atom. The summed E-state index contributed by atoms with van der Waals surface area (Å²) in [5.74, 6) is 0. The lowest BCUT2D eigenvalue weighted by molar-refractivity contribution is 0.827. The number of aromatic nitrogens is 4. The van der Waals surface area contributed by atoms with Crippen LogP contribution in [0.5, 0.6) is 0 Å². The van der Waals surface area contributed by atoms with E-state index >= 15 is 0 Å². The maximum absolute atomic E-state index is 12.7. The number of nitrogens with one attached hydrogen (secondary N) is 1. The lowest BCUT2D eigenvalue weighted by atomic mass is 10.1. The fraction of sp³-hybridized carbons (Fsp3) is 0.118. The second-order valence-electron chi connectivity index (χ2n) is 5.62. The highest BCUT2D eigenvalue weighted by Gasteiger charge is 2.15. The maximum Gasteiger partial charge on any atom is 0.301 e. The number of benzene rings is 1. The molecule has 3 aromatic heterocycles. The Kier molecular flexibility index (Phi) is 4.31. The van der Waals surface area contributed by atoms with Gasteiger partial charge in [0.2, 0.25) is 10.3 Å². The van der Waals surface area contributed by atoms with E-state index < -0.39 is 0 Å². The van der Waals surface area contributed by atoms with Crippen molar-refractivity contribution in [3.63, 3.8) is 0 Å². The third-order valence-corrected chi connectivity index (χ3v) is 5.21. The van der Waals surface area contributed by atoms with Crippen molar-refractivity contribution >= 4 is 33.5 Å². The van der Waals surface area contributed by atoms with E-state index in [4.69, 9.17) is 0 Å². The van der Waals surface area contributed by atoms with Gasteiger partial charge in [-0.05, 0) is 13.8 Å². The molecule has 0 saturated heterocycles. The Morgan fingerprint density at radius 1 is 1.12 bits per heavy atom. The second kappa shape index (κ2) is 6.77. The molecule has 0 atom stereocenters. The molecule has 0 bridgehead atoms. The Morgan fingerprint density at radius 3 is 2.65 bits per heavy atom. The largest absolute Gasteiger partial charge is 0.301 e. The summed E-state index contributed by atoms with van der Waals surface area (Å²) < 4.78 is 1.40. The van der Waals surface area contributed by atoms with Gasteiger partial charge in [0.1, 0.15) is 0 Å². The maximum atomic E-state index is 12.7. The number of rotatable bonds is 4. The van der Waals surface area contributed by atoms with Crippen LogP contribution in [0.3, 0.4) is 0 Å². The summed E-state index contributed by atoms with van der Waals surface area (Å²) >= 11 is 2.75. The lowest BCUT2D eigenvalue weighted by Gasteiger charge is -1.97. The molecule has 0 fully saturated rings. The normalized spacial score (nSPS) is 11.5. The van der Waals surface area contributed by atoms with E-state index in [1.165, 1.54) is 32.9 Å². The van der Waals surface area contributed by atoms with Crippen molar-refractivity contribution in [3.05, 3.63) is 62.8 Å². The van der Waals surface area contributed by atoms with Crippen LogP contribution in [0, 0.1) is 13.8 Å². The number of nitrogens with zero attached hydrogens (tertiary/aromatic N) is 5. The van der Waals surface area contributed by atoms with Gasteiger partial charge in [-0.1, -0.05) is 29.8 Å². The summed E-state index contributed by atoms with van der Waals surface area (Å²) in [7, 11) is 0. The van der Waals surface area contributed by atoms with Gasteiger partial charge in [-0.2, -0.15) is 4.68 Å². The van der Waals surface area contributed by atoms with Gasteiger partial charge in [-0.15, -0.1) is 32.9 Å². The number of aryl methyl sites for hydroxylation is 2. The first kappa shape index (κ1) is 16.6. The number of hydrogen-bond acceptors (Lipinski definition) is 7. The molecule has 26 heavy (non-hydrogen) atoms. The zero-order chi connectivity index (χ0) is 18.1. The van der Waals surface area contributed by atoms with Crippen LogP contribution in [0.4, 0.5) is 10.8 Å². The van der Waals surface area contributed by atoms with Gasteiger partial charge in [0, 0.05) is 22.5 Å². The molecule has 0 spiro atoms. The van der Waals surface area contributed by atoms with Gasteiger partial charge in [0.15, 0.2) is 5.69 Å². The predicted molar refractivity (Wildman–Crippen MR) is 103 cm³/mol. The van der Waals surface area contributed by atoms with E-state index in [1.807, 2.05) is 36.6 Å². The van der Waals surface area contributed by atoms with Gasteiger partial charge in [-0.25, -0.2) is 9.97 Å². The lowest BCUT2D eigenvalue weighted by Crippen LogP contribution is -2.13. The van der Waals surface area contributed by atoms with Crippen molar-refractivity contribution in [3.8, 4) is 16.4 Å². The van der Waals surface area contributed by atoms with Crippen molar-refractivity contribution in [2.45, 2.75) is 13.8 Å². The number of aromatic amines is 1. The average molecular weight is 382 g/mol. The third kappa shape index (κ3) is 3.14. The minimum absolute atomic E-state index is 0.257. The molecule has 4 rings (SSSR count). The second-order valence-corrected chi connectivity index (χ2v) is 7.33. The van der Waals surface area contributed by atoms with Gasteiger partial charge in [0.05, 0.1) is 11.4 Å². The molecular weight excluding hydrogens is 368 g/mol. The Hall–Kier alpha value is -2.91. The molecule has 1 aromatic carbocycles. The van der Waals surface area contributed by atoms with Gasteiger partial charge < -0.3 is 0 Å². The topological polar surface area (TPSA) is 88.3 Å². The van der Waals surface area contributed by atoms with Crippen LogP contribution in [0.15, 0.2) is 56.2 Å². The predicted octanol–water partition coefficient (Wildman–Crippen LogP) is 4.78. The molecule has 1 N–H and O–H groups in total. The van der Waals surface area contributed by atoms with Crippen molar-refractivity contribution in [2.24, 2.45) is 10.2 Å². The zero-order valence-electron chi connectivity index (χ0n) is 14.0. The van der Waals surface area contributed by atoms with E-state index in [0.29, 0.717) is 16.0 Å². The summed E-state index contributed by atoms with van der Waals surface area (Å²) in [6.45, 7) is 3.82. The smallest absolute Gasteiger partial charge is 0.291 e. The Balaban J connectivity index is 1.68. The molecule has 130 valence electrons. The van der Waals surface area contributed by atoms with Gasteiger partial charge >= 0.3 is 5.56 Å². The molecule has 0 amide bonds.